The molecule has 5 nitrogen and oxygen atoms in total. The van der Waals surface area contributed by atoms with Gasteiger partial charge in [-0.1, -0.05) is 35.9 Å². The number of anilines is 1. The average Bonchev–Trinajstić information content (AvgIpc) is 3.30. The van der Waals surface area contributed by atoms with E-state index in [1.165, 1.54) is 5.69 Å². The minimum absolute atomic E-state index is 0.0827. The monoisotopic (exact) mass is 491 g/mol. The Morgan fingerprint density at radius 2 is 1.80 bits per heavy atom. The third kappa shape index (κ3) is 7.72. The highest BCUT2D eigenvalue weighted by Gasteiger charge is 2.24. The zero-order valence-corrected chi connectivity index (χ0v) is 21.5. The van der Waals surface area contributed by atoms with Gasteiger partial charge in [0.15, 0.2) is 0 Å². The van der Waals surface area contributed by atoms with Crippen LogP contribution in [-0.4, -0.2) is 34.2 Å². The summed E-state index contributed by atoms with van der Waals surface area (Å²) < 4.78 is 7.51. The number of carbonyl (C=O) groups is 1. The fraction of sp³-hybridized carbons (Fsp3) is 0.379. The molecule has 0 aliphatic carbocycles. The van der Waals surface area contributed by atoms with Gasteiger partial charge in [0.05, 0.1) is 6.33 Å². The summed E-state index contributed by atoms with van der Waals surface area (Å²) >= 11 is 6.35. The van der Waals surface area contributed by atoms with Gasteiger partial charge >= 0.3 is 5.97 Å². The summed E-state index contributed by atoms with van der Waals surface area (Å²) in [6.07, 6.45) is 12.3. The normalized spacial score (nSPS) is 15.0. The second-order valence-corrected chi connectivity index (χ2v) is 10.7. The van der Waals surface area contributed by atoms with Crippen LogP contribution in [0.4, 0.5) is 5.69 Å². The summed E-state index contributed by atoms with van der Waals surface area (Å²) in [5, 5.41) is 0.729. The molecule has 0 atom stereocenters. The zero-order valence-electron chi connectivity index (χ0n) is 20.8. The molecule has 6 heteroatoms. The molecule has 2 aromatic carbocycles. The molecular weight excluding hydrogens is 458 g/mol. The van der Waals surface area contributed by atoms with E-state index in [2.05, 4.69) is 52.4 Å². The lowest BCUT2D eigenvalue weighted by atomic mass is 9.93. The van der Waals surface area contributed by atoms with E-state index in [4.69, 9.17) is 16.3 Å². The maximum atomic E-state index is 12.1. The van der Waals surface area contributed by atoms with Crippen LogP contribution in [0.15, 0.2) is 61.2 Å². The quantitative estimate of drug-likeness (QED) is 0.272. The average molecular weight is 492 g/mol. The molecule has 0 amide bonds. The predicted octanol–water partition coefficient (Wildman–Crippen LogP) is 6.70. The van der Waals surface area contributed by atoms with Crippen LogP contribution in [0.25, 0.3) is 12.2 Å². The van der Waals surface area contributed by atoms with Gasteiger partial charge in [0.1, 0.15) is 5.60 Å². The van der Waals surface area contributed by atoms with Gasteiger partial charge in [-0.2, -0.15) is 0 Å². The number of halogens is 1. The molecule has 1 aliphatic heterocycles. The minimum Gasteiger partial charge on any atom is -0.460 e. The first-order chi connectivity index (χ1) is 16.7. The van der Waals surface area contributed by atoms with Crippen molar-refractivity contribution in [3.8, 4) is 0 Å². The number of hydrogen-bond donors (Lipinski definition) is 0. The first-order valence-electron chi connectivity index (χ1n) is 12.2. The summed E-state index contributed by atoms with van der Waals surface area (Å²) in [7, 11) is 0. The SMILES string of the molecule is CC(C)(C)OC(=O)CC1CCN(c2ccc(/C=C/c3cc(Cl)cc(Cn4ccnc4)c3)cc2)CC1. The van der Waals surface area contributed by atoms with Crippen LogP contribution in [0.2, 0.25) is 5.02 Å². The third-order valence-electron chi connectivity index (χ3n) is 6.12. The molecule has 0 bridgehead atoms. The molecule has 3 aromatic rings. The molecule has 1 fully saturated rings. The van der Waals surface area contributed by atoms with Crippen LogP contribution >= 0.6 is 11.6 Å². The van der Waals surface area contributed by atoms with E-state index >= 15 is 0 Å². The largest absolute Gasteiger partial charge is 0.460 e. The van der Waals surface area contributed by atoms with E-state index in [1.54, 1.807) is 6.20 Å². The van der Waals surface area contributed by atoms with Crippen molar-refractivity contribution in [2.45, 2.75) is 52.2 Å². The van der Waals surface area contributed by atoms with Crippen molar-refractivity contribution in [2.24, 2.45) is 5.92 Å². The Morgan fingerprint density at radius 1 is 1.09 bits per heavy atom. The van der Waals surface area contributed by atoms with Crippen molar-refractivity contribution in [3.63, 3.8) is 0 Å². The summed E-state index contributed by atoms with van der Waals surface area (Å²) in [6, 6.07) is 14.8. The molecule has 0 radical (unpaired) electrons. The van der Waals surface area contributed by atoms with Gasteiger partial charge in [-0.05, 0) is 86.6 Å². The molecule has 4 rings (SSSR count). The summed E-state index contributed by atoms with van der Waals surface area (Å²) in [4.78, 5) is 18.6. The van der Waals surface area contributed by atoms with Crippen LogP contribution in [-0.2, 0) is 16.1 Å². The molecule has 1 saturated heterocycles. The molecule has 0 N–H and O–H groups in total. The molecule has 0 spiro atoms. The van der Waals surface area contributed by atoms with Gasteiger partial charge < -0.3 is 14.2 Å². The van der Waals surface area contributed by atoms with Crippen molar-refractivity contribution in [3.05, 3.63) is 82.9 Å². The highest BCUT2D eigenvalue weighted by molar-refractivity contribution is 6.30. The molecule has 0 unspecified atom stereocenters. The number of carbonyl (C=O) groups excluding carboxylic acids is 1. The topological polar surface area (TPSA) is 47.4 Å². The highest BCUT2D eigenvalue weighted by atomic mass is 35.5. The molecule has 1 aromatic heterocycles. The smallest absolute Gasteiger partial charge is 0.306 e. The third-order valence-corrected chi connectivity index (χ3v) is 6.34. The van der Waals surface area contributed by atoms with Crippen molar-refractivity contribution in [1.29, 1.82) is 0 Å². The Bertz CT molecular complexity index is 1140. The number of rotatable bonds is 7. The molecule has 184 valence electrons. The van der Waals surface area contributed by atoms with Gasteiger partial charge in [0.25, 0.3) is 0 Å². The number of hydrogen-bond acceptors (Lipinski definition) is 4. The second kappa shape index (κ2) is 11.1. The van der Waals surface area contributed by atoms with Crippen molar-refractivity contribution in [2.75, 3.05) is 18.0 Å². The second-order valence-electron chi connectivity index (χ2n) is 10.3. The Hall–Kier alpha value is -3.05. The van der Waals surface area contributed by atoms with Gasteiger partial charge in [-0.3, -0.25) is 4.79 Å². The first kappa shape index (κ1) is 25.1. The standard InChI is InChI=1S/C29H34ClN3O2/c1-29(2,3)35-28(34)19-23-10-13-33(14-11-23)27-8-6-22(7-9-27)4-5-24-16-25(18-26(30)17-24)20-32-15-12-31-21-32/h4-9,12,15-18,21,23H,10-11,13-14,19-20H2,1-3H3/b5-4+. The van der Waals surface area contributed by atoms with E-state index in [0.717, 1.165) is 54.2 Å². The highest BCUT2D eigenvalue weighted by Crippen LogP contribution is 2.27. The van der Waals surface area contributed by atoms with Gasteiger partial charge in [-0.25, -0.2) is 4.98 Å². The number of piperidine rings is 1. The number of benzene rings is 2. The van der Waals surface area contributed by atoms with E-state index in [9.17, 15) is 4.79 Å². The van der Waals surface area contributed by atoms with Gasteiger partial charge in [0, 0.05) is 49.2 Å². The van der Waals surface area contributed by atoms with Crippen molar-refractivity contribution in [1.82, 2.24) is 9.55 Å². The molecule has 0 saturated carbocycles. The molecule has 1 aliphatic rings. The van der Waals surface area contributed by atoms with E-state index < -0.39 is 5.60 Å². The van der Waals surface area contributed by atoms with Crippen LogP contribution in [0, 0.1) is 5.92 Å². The molecule has 2 heterocycles. The van der Waals surface area contributed by atoms with Crippen LogP contribution in [0.5, 0.6) is 0 Å². The van der Waals surface area contributed by atoms with Gasteiger partial charge in [0.2, 0.25) is 0 Å². The lowest BCUT2D eigenvalue weighted by Gasteiger charge is -2.33. The summed E-state index contributed by atoms with van der Waals surface area (Å²) in [6.45, 7) is 8.42. The maximum Gasteiger partial charge on any atom is 0.306 e. The lowest BCUT2D eigenvalue weighted by Crippen LogP contribution is -2.35. The van der Waals surface area contributed by atoms with Gasteiger partial charge in [-0.15, -0.1) is 0 Å². The molecule has 35 heavy (non-hydrogen) atoms. The van der Waals surface area contributed by atoms with Crippen LogP contribution < -0.4 is 4.90 Å². The number of aromatic nitrogens is 2. The Balaban J connectivity index is 1.31. The zero-order chi connectivity index (χ0) is 24.8. The Kier molecular flexibility index (Phi) is 7.97. The lowest BCUT2D eigenvalue weighted by molar-refractivity contribution is -0.156. The number of nitrogens with zero attached hydrogens (tertiary/aromatic N) is 3. The number of esters is 1. The first-order valence-corrected chi connectivity index (χ1v) is 12.6. The van der Waals surface area contributed by atoms with Crippen molar-refractivity contribution < 1.29 is 9.53 Å². The van der Waals surface area contributed by atoms with Crippen molar-refractivity contribution >= 4 is 35.4 Å². The summed E-state index contributed by atoms with van der Waals surface area (Å²) in [5.74, 6) is 0.320. The number of ether oxygens (including phenoxy) is 1. The van der Waals surface area contributed by atoms with E-state index in [0.29, 0.717) is 12.3 Å². The minimum atomic E-state index is -0.413. The van der Waals surface area contributed by atoms with E-state index in [-0.39, 0.29) is 5.97 Å². The Labute approximate surface area is 213 Å². The predicted molar refractivity (Wildman–Crippen MR) is 144 cm³/mol. The maximum absolute atomic E-state index is 12.1. The fourth-order valence-corrected chi connectivity index (χ4v) is 4.72. The van der Waals surface area contributed by atoms with E-state index in [1.807, 2.05) is 50.0 Å². The number of imidazole rings is 1. The summed E-state index contributed by atoms with van der Waals surface area (Å²) in [5.41, 5.74) is 4.17. The Morgan fingerprint density at radius 3 is 2.46 bits per heavy atom. The van der Waals surface area contributed by atoms with Crippen LogP contribution in [0.3, 0.4) is 0 Å². The molecular formula is C29H34ClN3O2. The fourth-order valence-electron chi connectivity index (χ4n) is 4.46. The van der Waals surface area contributed by atoms with Crippen LogP contribution in [0.1, 0.15) is 56.7 Å².